The first kappa shape index (κ1) is 9.80. The van der Waals surface area contributed by atoms with Crippen LogP contribution in [-0.2, 0) is 0 Å². The summed E-state index contributed by atoms with van der Waals surface area (Å²) >= 11 is 0. The second-order valence-electron chi connectivity index (χ2n) is 3.36. The number of aliphatic hydroxyl groups is 1. The van der Waals surface area contributed by atoms with E-state index in [2.05, 4.69) is 5.32 Å². The van der Waals surface area contributed by atoms with E-state index in [1.165, 1.54) is 0 Å². The molecule has 3 N–H and O–H groups in total. The molecule has 2 rings (SSSR count). The third-order valence-corrected chi connectivity index (χ3v) is 2.29. The number of nitrogens with one attached hydrogen (secondary N) is 1. The van der Waals surface area contributed by atoms with Gasteiger partial charge < -0.3 is 15.5 Å². The van der Waals surface area contributed by atoms with Gasteiger partial charge in [-0.2, -0.15) is 0 Å². The summed E-state index contributed by atoms with van der Waals surface area (Å²) in [5.41, 5.74) is 0.928. The lowest BCUT2D eigenvalue weighted by molar-refractivity contribution is 0.311. The summed E-state index contributed by atoms with van der Waals surface area (Å²) in [5, 5.41) is 23.3. The van der Waals surface area contributed by atoms with Gasteiger partial charge in [0.2, 0.25) is 0 Å². The minimum absolute atomic E-state index is 0.0925. The van der Waals surface area contributed by atoms with Crippen molar-refractivity contribution in [2.24, 2.45) is 0 Å². The van der Waals surface area contributed by atoms with Crippen LogP contribution >= 0.6 is 0 Å². The molecular formula is C12H13NO2. The number of hydrogen-bond acceptors (Lipinski definition) is 3. The summed E-state index contributed by atoms with van der Waals surface area (Å²) in [5.74, 6) is 0.251. The molecule has 2 aromatic rings. The molecule has 0 radical (unpaired) electrons. The summed E-state index contributed by atoms with van der Waals surface area (Å²) in [6.45, 7) is 0.601. The number of phenolic OH excluding ortho intramolecular Hbond substituents is 1. The predicted molar refractivity (Wildman–Crippen MR) is 61.2 cm³/mol. The van der Waals surface area contributed by atoms with Crippen molar-refractivity contribution < 1.29 is 10.2 Å². The van der Waals surface area contributed by atoms with E-state index in [1.807, 2.05) is 24.3 Å². The van der Waals surface area contributed by atoms with Gasteiger partial charge in [-0.1, -0.05) is 18.2 Å². The van der Waals surface area contributed by atoms with Crippen LogP contribution in [0.2, 0.25) is 0 Å². The average molecular weight is 203 g/mol. The minimum atomic E-state index is 0.0925. The fraction of sp³-hybridized carbons (Fsp3) is 0.167. The molecule has 0 atom stereocenters. The van der Waals surface area contributed by atoms with Crippen LogP contribution < -0.4 is 5.32 Å². The van der Waals surface area contributed by atoms with Gasteiger partial charge in [0.05, 0.1) is 6.61 Å². The van der Waals surface area contributed by atoms with E-state index < -0.39 is 0 Å². The zero-order valence-corrected chi connectivity index (χ0v) is 8.27. The molecule has 0 fully saturated rings. The first-order valence-corrected chi connectivity index (χ1v) is 4.88. The summed E-state index contributed by atoms with van der Waals surface area (Å²) < 4.78 is 0. The van der Waals surface area contributed by atoms with E-state index in [0.29, 0.717) is 6.54 Å². The quantitative estimate of drug-likeness (QED) is 0.714. The number of fused-ring (bicyclic) bond motifs is 1. The van der Waals surface area contributed by atoms with Gasteiger partial charge in [0, 0.05) is 17.6 Å². The molecule has 3 heteroatoms. The Morgan fingerprint density at radius 3 is 2.80 bits per heavy atom. The van der Waals surface area contributed by atoms with Gasteiger partial charge in [-0.25, -0.2) is 0 Å². The monoisotopic (exact) mass is 203 g/mol. The van der Waals surface area contributed by atoms with Crippen molar-refractivity contribution in [3.05, 3.63) is 36.4 Å². The highest BCUT2D eigenvalue weighted by Gasteiger charge is 2.00. The Balaban J connectivity index is 2.48. The highest BCUT2D eigenvalue weighted by atomic mass is 16.3. The van der Waals surface area contributed by atoms with Gasteiger partial charge in [0.15, 0.2) is 0 Å². The van der Waals surface area contributed by atoms with Crippen molar-refractivity contribution in [2.45, 2.75) is 0 Å². The number of aromatic hydroxyl groups is 1. The molecule has 0 spiro atoms. The molecule has 2 aromatic carbocycles. The van der Waals surface area contributed by atoms with Crippen molar-refractivity contribution in [3.63, 3.8) is 0 Å². The van der Waals surface area contributed by atoms with Gasteiger partial charge in [-0.3, -0.25) is 0 Å². The molecule has 0 amide bonds. The molecule has 0 aliphatic heterocycles. The van der Waals surface area contributed by atoms with Crippen LogP contribution in [0.15, 0.2) is 36.4 Å². The van der Waals surface area contributed by atoms with Crippen LogP contribution in [0, 0.1) is 0 Å². The third kappa shape index (κ3) is 2.02. The summed E-state index contributed by atoms with van der Waals surface area (Å²) in [4.78, 5) is 0. The van der Waals surface area contributed by atoms with Crippen LogP contribution in [0.25, 0.3) is 10.8 Å². The predicted octanol–water partition coefficient (Wildman–Crippen LogP) is 1.95. The summed E-state index contributed by atoms with van der Waals surface area (Å²) in [7, 11) is 0. The van der Waals surface area contributed by atoms with E-state index >= 15 is 0 Å². The number of aliphatic hydroxyl groups excluding tert-OH is 1. The van der Waals surface area contributed by atoms with Crippen LogP contribution in [0.3, 0.4) is 0 Å². The molecule has 0 unspecified atom stereocenters. The van der Waals surface area contributed by atoms with Crippen molar-refractivity contribution in [3.8, 4) is 5.75 Å². The number of anilines is 1. The topological polar surface area (TPSA) is 52.5 Å². The highest BCUT2D eigenvalue weighted by molar-refractivity contribution is 5.94. The number of hydrogen-bond donors (Lipinski definition) is 3. The number of rotatable bonds is 3. The molecule has 78 valence electrons. The second kappa shape index (κ2) is 4.19. The molecule has 0 saturated carbocycles. The van der Waals surface area contributed by atoms with Crippen LogP contribution in [0.1, 0.15) is 0 Å². The van der Waals surface area contributed by atoms with E-state index in [0.717, 1.165) is 16.5 Å². The van der Waals surface area contributed by atoms with Gasteiger partial charge >= 0.3 is 0 Å². The van der Waals surface area contributed by atoms with E-state index in [4.69, 9.17) is 5.11 Å². The lowest BCUT2D eigenvalue weighted by atomic mass is 10.1. The molecule has 0 saturated heterocycles. The van der Waals surface area contributed by atoms with Gasteiger partial charge in [0.1, 0.15) is 5.75 Å². The fourth-order valence-electron chi connectivity index (χ4n) is 1.61. The smallest absolute Gasteiger partial charge is 0.116 e. The van der Waals surface area contributed by atoms with Crippen LogP contribution in [0.5, 0.6) is 5.75 Å². The van der Waals surface area contributed by atoms with E-state index in [9.17, 15) is 5.11 Å². The number of benzene rings is 2. The molecule has 0 aliphatic rings. The molecule has 3 nitrogen and oxygen atoms in total. The van der Waals surface area contributed by atoms with Gasteiger partial charge in [-0.05, 0) is 23.6 Å². The van der Waals surface area contributed by atoms with Crippen LogP contribution in [-0.4, -0.2) is 23.4 Å². The molecule has 0 heterocycles. The minimum Gasteiger partial charge on any atom is -0.508 e. The Morgan fingerprint density at radius 2 is 2.00 bits per heavy atom. The normalized spacial score (nSPS) is 10.5. The first-order valence-electron chi connectivity index (χ1n) is 4.88. The molecule has 0 bridgehead atoms. The SMILES string of the molecule is OCCNc1cccc2ccc(O)cc12. The lowest BCUT2D eigenvalue weighted by Crippen LogP contribution is -2.05. The lowest BCUT2D eigenvalue weighted by Gasteiger charge is -2.08. The Labute approximate surface area is 88.0 Å². The second-order valence-corrected chi connectivity index (χ2v) is 3.36. The standard InChI is InChI=1S/C12H13NO2/c14-7-6-13-12-3-1-2-9-4-5-10(15)8-11(9)12/h1-5,8,13-15H,6-7H2. The zero-order chi connectivity index (χ0) is 10.7. The Hall–Kier alpha value is -1.74. The van der Waals surface area contributed by atoms with E-state index in [-0.39, 0.29) is 12.4 Å². The zero-order valence-electron chi connectivity index (χ0n) is 8.27. The maximum Gasteiger partial charge on any atom is 0.116 e. The van der Waals surface area contributed by atoms with Crippen molar-refractivity contribution in [1.29, 1.82) is 0 Å². The van der Waals surface area contributed by atoms with Crippen molar-refractivity contribution in [2.75, 3.05) is 18.5 Å². The van der Waals surface area contributed by atoms with Crippen molar-refractivity contribution >= 4 is 16.5 Å². The molecule has 0 aromatic heterocycles. The Bertz CT molecular complexity index is 468. The van der Waals surface area contributed by atoms with Crippen molar-refractivity contribution in [1.82, 2.24) is 0 Å². The maximum absolute atomic E-state index is 9.40. The number of phenols is 1. The average Bonchev–Trinajstić information content (AvgIpc) is 2.26. The first-order chi connectivity index (χ1) is 7.31. The molecular weight excluding hydrogens is 190 g/mol. The maximum atomic E-state index is 9.40. The van der Waals surface area contributed by atoms with E-state index in [1.54, 1.807) is 12.1 Å². The third-order valence-electron chi connectivity index (χ3n) is 2.29. The summed E-state index contributed by atoms with van der Waals surface area (Å²) in [6.07, 6.45) is 0. The fourth-order valence-corrected chi connectivity index (χ4v) is 1.61. The Morgan fingerprint density at radius 1 is 1.13 bits per heavy atom. The van der Waals surface area contributed by atoms with Gasteiger partial charge in [0.25, 0.3) is 0 Å². The molecule has 0 aliphatic carbocycles. The van der Waals surface area contributed by atoms with Gasteiger partial charge in [-0.15, -0.1) is 0 Å². The Kier molecular flexibility index (Phi) is 2.74. The molecule has 15 heavy (non-hydrogen) atoms. The van der Waals surface area contributed by atoms with Crippen LogP contribution in [0.4, 0.5) is 5.69 Å². The highest BCUT2D eigenvalue weighted by Crippen LogP contribution is 2.26. The largest absolute Gasteiger partial charge is 0.508 e. The summed E-state index contributed by atoms with van der Waals surface area (Å²) in [6, 6.07) is 11.1.